The van der Waals surface area contributed by atoms with Crippen molar-refractivity contribution in [2.24, 2.45) is 0 Å². The molecule has 1 unspecified atom stereocenters. The first-order chi connectivity index (χ1) is 10.6. The van der Waals surface area contributed by atoms with Gasteiger partial charge in [0.1, 0.15) is 5.75 Å². The second-order valence-corrected chi connectivity index (χ2v) is 5.67. The van der Waals surface area contributed by atoms with Crippen molar-refractivity contribution in [2.75, 3.05) is 12.8 Å². The van der Waals surface area contributed by atoms with Gasteiger partial charge in [-0.1, -0.05) is 18.2 Å². The van der Waals surface area contributed by atoms with Crippen LogP contribution in [0, 0.1) is 6.92 Å². The van der Waals surface area contributed by atoms with Crippen molar-refractivity contribution >= 4 is 24.0 Å². The van der Waals surface area contributed by atoms with Gasteiger partial charge in [-0.25, -0.2) is 0 Å². The summed E-state index contributed by atoms with van der Waals surface area (Å²) in [5, 5.41) is 3.12. The zero-order valence-electron chi connectivity index (χ0n) is 13.3. The van der Waals surface area contributed by atoms with Crippen molar-refractivity contribution in [3.63, 3.8) is 0 Å². The molecule has 3 rings (SSSR count). The molecule has 0 heterocycles. The standard InChI is InChI=1S/C18H20N2O2.ClH/c1-11-6-7-12(19)10-15(11)18(21)20-16-9-8-14-13(16)4-3-5-17(14)22-2;/h3-7,10,16H,8-9,19H2,1-2H3,(H,20,21);1H. The van der Waals surface area contributed by atoms with Gasteiger partial charge in [-0.15, -0.1) is 12.4 Å². The number of carbonyl (C=O) groups excluding carboxylic acids is 1. The van der Waals surface area contributed by atoms with E-state index in [1.807, 2.05) is 31.2 Å². The number of halogens is 1. The van der Waals surface area contributed by atoms with E-state index >= 15 is 0 Å². The monoisotopic (exact) mass is 332 g/mol. The van der Waals surface area contributed by atoms with Gasteiger partial charge in [0.05, 0.1) is 13.2 Å². The fourth-order valence-electron chi connectivity index (χ4n) is 3.08. The van der Waals surface area contributed by atoms with Crippen LogP contribution in [-0.4, -0.2) is 13.0 Å². The predicted molar refractivity (Wildman–Crippen MR) is 94.4 cm³/mol. The predicted octanol–water partition coefficient (Wildman–Crippen LogP) is 3.42. The maximum atomic E-state index is 12.5. The lowest BCUT2D eigenvalue weighted by atomic mass is 10.0. The number of rotatable bonds is 3. The Morgan fingerprint density at radius 1 is 1.30 bits per heavy atom. The van der Waals surface area contributed by atoms with Crippen LogP contribution in [0.5, 0.6) is 5.75 Å². The van der Waals surface area contributed by atoms with E-state index in [1.54, 1.807) is 13.2 Å². The van der Waals surface area contributed by atoms with Gasteiger partial charge in [-0.3, -0.25) is 4.79 Å². The first kappa shape index (κ1) is 17.2. The Labute approximate surface area is 142 Å². The third kappa shape index (κ3) is 3.27. The molecule has 0 radical (unpaired) electrons. The summed E-state index contributed by atoms with van der Waals surface area (Å²) in [6, 6.07) is 11.4. The molecule has 1 aliphatic rings. The average Bonchev–Trinajstić information content (AvgIpc) is 2.92. The van der Waals surface area contributed by atoms with Crippen LogP contribution in [0.4, 0.5) is 5.69 Å². The van der Waals surface area contributed by atoms with Gasteiger partial charge < -0.3 is 15.8 Å². The number of hydrogen-bond donors (Lipinski definition) is 2. The summed E-state index contributed by atoms with van der Waals surface area (Å²) in [4.78, 5) is 12.5. The molecule has 2 aromatic rings. The molecule has 3 N–H and O–H groups in total. The number of anilines is 1. The van der Waals surface area contributed by atoms with Gasteiger partial charge in [0.15, 0.2) is 0 Å². The summed E-state index contributed by atoms with van der Waals surface area (Å²) < 4.78 is 5.40. The molecule has 2 aromatic carbocycles. The van der Waals surface area contributed by atoms with Gasteiger partial charge in [-0.05, 0) is 54.7 Å². The number of nitrogens with one attached hydrogen (secondary N) is 1. The Bertz CT molecular complexity index is 731. The van der Waals surface area contributed by atoms with E-state index < -0.39 is 0 Å². The number of nitrogen functional groups attached to an aromatic ring is 1. The van der Waals surface area contributed by atoms with Crippen LogP contribution in [0.25, 0.3) is 0 Å². The molecule has 1 amide bonds. The fourth-order valence-corrected chi connectivity index (χ4v) is 3.08. The van der Waals surface area contributed by atoms with Crippen molar-refractivity contribution in [1.82, 2.24) is 5.32 Å². The van der Waals surface area contributed by atoms with Crippen molar-refractivity contribution in [3.8, 4) is 5.75 Å². The van der Waals surface area contributed by atoms with Gasteiger partial charge in [0, 0.05) is 11.3 Å². The molecule has 0 saturated heterocycles. The topological polar surface area (TPSA) is 64.3 Å². The fraction of sp³-hybridized carbons (Fsp3) is 0.278. The third-order valence-electron chi connectivity index (χ3n) is 4.26. The summed E-state index contributed by atoms with van der Waals surface area (Å²) in [6.07, 6.45) is 1.81. The largest absolute Gasteiger partial charge is 0.496 e. The molecule has 0 spiro atoms. The molecule has 0 aromatic heterocycles. The van der Waals surface area contributed by atoms with E-state index in [0.29, 0.717) is 11.3 Å². The Kier molecular flexibility index (Phi) is 5.16. The van der Waals surface area contributed by atoms with Crippen LogP contribution in [0.1, 0.15) is 39.5 Å². The number of hydrogen-bond acceptors (Lipinski definition) is 3. The van der Waals surface area contributed by atoms with E-state index in [-0.39, 0.29) is 24.4 Å². The zero-order chi connectivity index (χ0) is 15.7. The highest BCUT2D eigenvalue weighted by atomic mass is 35.5. The SMILES string of the molecule is COc1cccc2c1CCC2NC(=O)c1cc(N)ccc1C.Cl. The number of benzene rings is 2. The Morgan fingerprint density at radius 2 is 2.09 bits per heavy atom. The number of amides is 1. The van der Waals surface area contributed by atoms with Crippen LogP contribution in [0.15, 0.2) is 36.4 Å². The molecule has 0 aliphatic heterocycles. The Hall–Kier alpha value is -2.20. The van der Waals surface area contributed by atoms with Gasteiger partial charge >= 0.3 is 0 Å². The van der Waals surface area contributed by atoms with Crippen molar-refractivity contribution in [3.05, 3.63) is 58.7 Å². The first-order valence-corrected chi connectivity index (χ1v) is 7.43. The number of aryl methyl sites for hydroxylation is 1. The molecule has 23 heavy (non-hydrogen) atoms. The summed E-state index contributed by atoms with van der Waals surface area (Å²) in [7, 11) is 1.68. The van der Waals surface area contributed by atoms with Crippen LogP contribution < -0.4 is 15.8 Å². The molecular weight excluding hydrogens is 312 g/mol. The summed E-state index contributed by atoms with van der Waals surface area (Å²) in [5.74, 6) is 0.819. The van der Waals surface area contributed by atoms with Crippen LogP contribution in [-0.2, 0) is 6.42 Å². The zero-order valence-corrected chi connectivity index (χ0v) is 14.1. The van der Waals surface area contributed by atoms with Crippen LogP contribution in [0.3, 0.4) is 0 Å². The second-order valence-electron chi connectivity index (χ2n) is 5.67. The smallest absolute Gasteiger partial charge is 0.252 e. The van der Waals surface area contributed by atoms with Crippen molar-refractivity contribution < 1.29 is 9.53 Å². The first-order valence-electron chi connectivity index (χ1n) is 7.43. The van der Waals surface area contributed by atoms with E-state index in [2.05, 4.69) is 11.4 Å². The molecule has 4 nitrogen and oxygen atoms in total. The Balaban J connectivity index is 0.00000192. The van der Waals surface area contributed by atoms with Crippen LogP contribution in [0.2, 0.25) is 0 Å². The minimum absolute atomic E-state index is 0. The molecule has 0 saturated carbocycles. The molecule has 122 valence electrons. The van der Waals surface area contributed by atoms with Crippen molar-refractivity contribution in [1.29, 1.82) is 0 Å². The highest BCUT2D eigenvalue weighted by Gasteiger charge is 2.26. The minimum atomic E-state index is -0.0783. The number of methoxy groups -OCH3 is 1. The maximum absolute atomic E-state index is 12.5. The maximum Gasteiger partial charge on any atom is 0.252 e. The average molecular weight is 333 g/mol. The van der Waals surface area contributed by atoms with E-state index in [0.717, 1.165) is 29.7 Å². The summed E-state index contributed by atoms with van der Waals surface area (Å²) in [6.45, 7) is 1.92. The molecule has 5 heteroatoms. The lowest BCUT2D eigenvalue weighted by Crippen LogP contribution is -2.27. The van der Waals surface area contributed by atoms with Crippen molar-refractivity contribution in [2.45, 2.75) is 25.8 Å². The number of ether oxygens (including phenoxy) is 1. The van der Waals surface area contributed by atoms with Gasteiger partial charge in [0.2, 0.25) is 0 Å². The normalized spacial score (nSPS) is 15.5. The number of fused-ring (bicyclic) bond motifs is 1. The van der Waals surface area contributed by atoms with Gasteiger partial charge in [0.25, 0.3) is 5.91 Å². The minimum Gasteiger partial charge on any atom is -0.496 e. The van der Waals surface area contributed by atoms with E-state index in [1.165, 1.54) is 5.56 Å². The summed E-state index contributed by atoms with van der Waals surface area (Å²) in [5.41, 5.74) is 10.3. The van der Waals surface area contributed by atoms with Gasteiger partial charge in [-0.2, -0.15) is 0 Å². The van der Waals surface area contributed by atoms with Crippen LogP contribution >= 0.6 is 12.4 Å². The second kappa shape index (κ2) is 6.92. The number of carbonyl (C=O) groups is 1. The molecule has 0 fully saturated rings. The Morgan fingerprint density at radius 3 is 2.83 bits per heavy atom. The quantitative estimate of drug-likeness (QED) is 0.846. The molecule has 0 bridgehead atoms. The highest BCUT2D eigenvalue weighted by molar-refractivity contribution is 5.96. The summed E-state index contributed by atoms with van der Waals surface area (Å²) >= 11 is 0. The lowest BCUT2D eigenvalue weighted by Gasteiger charge is -2.16. The van der Waals surface area contributed by atoms with E-state index in [4.69, 9.17) is 10.5 Å². The molecular formula is C18H21ClN2O2. The number of nitrogens with two attached hydrogens (primary N) is 1. The van der Waals surface area contributed by atoms with E-state index in [9.17, 15) is 4.79 Å². The lowest BCUT2D eigenvalue weighted by molar-refractivity contribution is 0.0936. The molecule has 1 atom stereocenters. The molecule has 1 aliphatic carbocycles. The third-order valence-corrected chi connectivity index (χ3v) is 4.26. The highest BCUT2D eigenvalue weighted by Crippen LogP contribution is 2.36.